The van der Waals surface area contributed by atoms with Gasteiger partial charge in [0.2, 0.25) is 10.0 Å². The first-order valence-corrected chi connectivity index (χ1v) is 10.6. The van der Waals surface area contributed by atoms with Crippen LogP contribution < -0.4 is 9.62 Å². The zero-order valence-electron chi connectivity index (χ0n) is 15.7. The monoisotopic (exact) mass is 404 g/mol. The van der Waals surface area contributed by atoms with Crippen LogP contribution in [0.2, 0.25) is 0 Å². The SMILES string of the molecule is Cc1cccc(N2CCN(CCNS(=O)(=O)c3ccccc3[N+](=O)[O-])CC2)c1. The number of aryl methyl sites for hydroxylation is 1. The Morgan fingerprint density at radius 1 is 1.07 bits per heavy atom. The third kappa shape index (κ3) is 4.86. The smallest absolute Gasteiger partial charge is 0.289 e. The summed E-state index contributed by atoms with van der Waals surface area (Å²) in [4.78, 5) is 14.6. The Bertz CT molecular complexity index is 940. The molecule has 1 saturated heterocycles. The molecule has 1 N–H and O–H groups in total. The second kappa shape index (κ2) is 8.68. The van der Waals surface area contributed by atoms with Gasteiger partial charge in [0, 0.05) is 51.0 Å². The van der Waals surface area contributed by atoms with Crippen molar-refractivity contribution in [2.75, 3.05) is 44.2 Å². The molecule has 0 amide bonds. The molecule has 0 spiro atoms. The number of piperazine rings is 1. The lowest BCUT2D eigenvalue weighted by molar-refractivity contribution is -0.387. The van der Waals surface area contributed by atoms with Crippen LogP contribution in [0.3, 0.4) is 0 Å². The second-order valence-electron chi connectivity index (χ2n) is 6.79. The number of sulfonamides is 1. The maximum atomic E-state index is 12.4. The maximum absolute atomic E-state index is 12.4. The van der Waals surface area contributed by atoms with Crippen LogP contribution >= 0.6 is 0 Å². The number of nitrogens with zero attached hydrogens (tertiary/aromatic N) is 3. The molecule has 1 aliphatic heterocycles. The number of rotatable bonds is 7. The van der Waals surface area contributed by atoms with Crippen molar-refractivity contribution < 1.29 is 13.3 Å². The summed E-state index contributed by atoms with van der Waals surface area (Å²) in [6.45, 7) is 6.26. The van der Waals surface area contributed by atoms with Crippen LogP contribution in [0.15, 0.2) is 53.4 Å². The minimum absolute atomic E-state index is 0.207. The fraction of sp³-hybridized carbons (Fsp3) is 0.368. The zero-order valence-corrected chi connectivity index (χ0v) is 16.6. The van der Waals surface area contributed by atoms with E-state index in [1.54, 1.807) is 0 Å². The quantitative estimate of drug-likeness (QED) is 0.560. The van der Waals surface area contributed by atoms with Crippen LogP contribution in [0.25, 0.3) is 0 Å². The minimum atomic E-state index is -3.92. The summed E-state index contributed by atoms with van der Waals surface area (Å²) in [5.41, 5.74) is 2.02. The Labute approximate surface area is 165 Å². The van der Waals surface area contributed by atoms with Crippen LogP contribution in [0.1, 0.15) is 5.56 Å². The Balaban J connectivity index is 1.52. The zero-order chi connectivity index (χ0) is 20.1. The van der Waals surface area contributed by atoms with Gasteiger partial charge < -0.3 is 4.90 Å². The number of hydrogen-bond acceptors (Lipinski definition) is 6. The van der Waals surface area contributed by atoms with Gasteiger partial charge in [-0.05, 0) is 30.7 Å². The molecule has 2 aromatic rings. The van der Waals surface area contributed by atoms with Crippen LogP contribution in [-0.2, 0) is 10.0 Å². The van der Waals surface area contributed by atoms with Gasteiger partial charge in [0.15, 0.2) is 4.90 Å². The number of nitro groups is 1. The summed E-state index contributed by atoms with van der Waals surface area (Å²) in [5, 5.41) is 11.1. The number of nitro benzene ring substituents is 1. The van der Waals surface area contributed by atoms with Crippen molar-refractivity contribution in [3.05, 3.63) is 64.2 Å². The molecule has 150 valence electrons. The van der Waals surface area contributed by atoms with Crippen molar-refractivity contribution in [3.8, 4) is 0 Å². The van der Waals surface area contributed by atoms with E-state index in [4.69, 9.17) is 0 Å². The Hall–Kier alpha value is -2.49. The molecule has 1 heterocycles. The number of para-hydroxylation sites is 1. The molecule has 28 heavy (non-hydrogen) atoms. The highest BCUT2D eigenvalue weighted by atomic mass is 32.2. The normalized spacial score (nSPS) is 15.5. The first-order valence-electron chi connectivity index (χ1n) is 9.14. The van der Waals surface area contributed by atoms with E-state index in [0.29, 0.717) is 6.54 Å². The number of benzene rings is 2. The van der Waals surface area contributed by atoms with E-state index in [2.05, 4.69) is 45.7 Å². The largest absolute Gasteiger partial charge is 0.369 e. The molecule has 1 fully saturated rings. The molecule has 1 aliphatic rings. The number of anilines is 1. The lowest BCUT2D eigenvalue weighted by atomic mass is 10.2. The van der Waals surface area contributed by atoms with Crippen molar-refractivity contribution in [2.24, 2.45) is 0 Å². The topological polar surface area (TPSA) is 95.8 Å². The van der Waals surface area contributed by atoms with Gasteiger partial charge in [-0.2, -0.15) is 0 Å². The van der Waals surface area contributed by atoms with E-state index in [-0.39, 0.29) is 11.4 Å². The van der Waals surface area contributed by atoms with Crippen molar-refractivity contribution in [1.82, 2.24) is 9.62 Å². The van der Waals surface area contributed by atoms with E-state index >= 15 is 0 Å². The molecular weight excluding hydrogens is 380 g/mol. The van der Waals surface area contributed by atoms with E-state index in [1.807, 2.05) is 0 Å². The van der Waals surface area contributed by atoms with Gasteiger partial charge in [0.05, 0.1) is 4.92 Å². The van der Waals surface area contributed by atoms with E-state index in [1.165, 1.54) is 35.5 Å². The van der Waals surface area contributed by atoms with Crippen LogP contribution in [0.4, 0.5) is 11.4 Å². The molecule has 8 nitrogen and oxygen atoms in total. The van der Waals surface area contributed by atoms with Crippen LogP contribution in [0.5, 0.6) is 0 Å². The molecule has 9 heteroatoms. The molecule has 0 aromatic heterocycles. The van der Waals surface area contributed by atoms with Gasteiger partial charge in [0.1, 0.15) is 0 Å². The first kappa shape index (κ1) is 20.2. The Kier molecular flexibility index (Phi) is 6.28. The van der Waals surface area contributed by atoms with Gasteiger partial charge >= 0.3 is 0 Å². The fourth-order valence-electron chi connectivity index (χ4n) is 3.31. The van der Waals surface area contributed by atoms with Crippen LogP contribution in [0, 0.1) is 17.0 Å². The van der Waals surface area contributed by atoms with Crippen molar-refractivity contribution in [2.45, 2.75) is 11.8 Å². The van der Waals surface area contributed by atoms with Crippen molar-refractivity contribution >= 4 is 21.4 Å². The molecule has 0 aliphatic carbocycles. The minimum Gasteiger partial charge on any atom is -0.369 e. The molecule has 3 rings (SSSR count). The van der Waals surface area contributed by atoms with Crippen molar-refractivity contribution in [3.63, 3.8) is 0 Å². The summed E-state index contributed by atoms with van der Waals surface area (Å²) >= 11 is 0. The third-order valence-corrected chi connectivity index (χ3v) is 6.32. The summed E-state index contributed by atoms with van der Waals surface area (Å²) in [7, 11) is -3.92. The Morgan fingerprint density at radius 3 is 2.46 bits per heavy atom. The van der Waals surface area contributed by atoms with E-state index in [9.17, 15) is 18.5 Å². The number of hydrogen-bond donors (Lipinski definition) is 1. The highest BCUT2D eigenvalue weighted by molar-refractivity contribution is 7.89. The van der Waals surface area contributed by atoms with E-state index in [0.717, 1.165) is 26.2 Å². The molecular formula is C19H24N4O4S. The standard InChI is InChI=1S/C19H24N4O4S/c1-16-5-4-6-17(15-16)22-13-11-21(12-14-22)10-9-20-28(26,27)19-8-3-2-7-18(19)23(24)25/h2-8,15,20H,9-14H2,1H3. The molecule has 0 saturated carbocycles. The van der Waals surface area contributed by atoms with Gasteiger partial charge in [-0.3, -0.25) is 15.0 Å². The lowest BCUT2D eigenvalue weighted by Gasteiger charge is -2.36. The van der Waals surface area contributed by atoms with Gasteiger partial charge in [-0.15, -0.1) is 0 Å². The first-order chi connectivity index (χ1) is 13.4. The molecule has 0 radical (unpaired) electrons. The molecule has 0 unspecified atom stereocenters. The molecule has 0 atom stereocenters. The van der Waals surface area contributed by atoms with Gasteiger partial charge in [0.25, 0.3) is 5.69 Å². The second-order valence-corrected chi connectivity index (χ2v) is 8.53. The van der Waals surface area contributed by atoms with Gasteiger partial charge in [-0.1, -0.05) is 24.3 Å². The summed E-state index contributed by atoms with van der Waals surface area (Å²) in [6.07, 6.45) is 0. The van der Waals surface area contributed by atoms with Crippen molar-refractivity contribution in [1.29, 1.82) is 0 Å². The Morgan fingerprint density at radius 2 is 1.79 bits per heavy atom. The third-order valence-electron chi connectivity index (χ3n) is 4.81. The highest BCUT2D eigenvalue weighted by Gasteiger charge is 2.25. The summed E-state index contributed by atoms with van der Waals surface area (Å²) < 4.78 is 27.3. The van der Waals surface area contributed by atoms with E-state index < -0.39 is 20.6 Å². The maximum Gasteiger partial charge on any atom is 0.289 e. The van der Waals surface area contributed by atoms with Gasteiger partial charge in [-0.25, -0.2) is 13.1 Å². The lowest BCUT2D eigenvalue weighted by Crippen LogP contribution is -2.48. The highest BCUT2D eigenvalue weighted by Crippen LogP contribution is 2.22. The predicted octanol–water partition coefficient (Wildman–Crippen LogP) is 2.00. The molecule has 0 bridgehead atoms. The summed E-state index contributed by atoms with van der Waals surface area (Å²) in [5.74, 6) is 0. The van der Waals surface area contributed by atoms with Crippen LogP contribution in [-0.4, -0.2) is 57.5 Å². The summed E-state index contributed by atoms with van der Waals surface area (Å²) in [6, 6.07) is 13.8. The molecule has 2 aromatic carbocycles. The average molecular weight is 404 g/mol. The number of nitrogens with one attached hydrogen (secondary N) is 1. The average Bonchev–Trinajstić information content (AvgIpc) is 2.68. The predicted molar refractivity (Wildman–Crippen MR) is 108 cm³/mol. The fourth-order valence-corrected chi connectivity index (χ4v) is 4.50.